The van der Waals surface area contributed by atoms with Gasteiger partial charge in [0.05, 0.1) is 17.9 Å². The molecule has 3 atom stereocenters. The van der Waals surface area contributed by atoms with Crippen molar-refractivity contribution in [1.29, 1.82) is 0 Å². The van der Waals surface area contributed by atoms with Crippen LogP contribution in [0.15, 0.2) is 47.8 Å². The Morgan fingerprint density at radius 1 is 1.29 bits per heavy atom. The highest BCUT2D eigenvalue weighted by molar-refractivity contribution is 7.99. The second-order valence-electron chi connectivity index (χ2n) is 6.63. The summed E-state index contributed by atoms with van der Waals surface area (Å²) in [4.78, 5) is 26.3. The zero-order chi connectivity index (χ0) is 19.8. The first-order chi connectivity index (χ1) is 13.7. The number of aryl methyl sites for hydroxylation is 1. The average molecular weight is 419 g/mol. The molecular weight excluding hydrogens is 392 g/mol. The number of nitrogens with one attached hydrogen (secondary N) is 2. The molecule has 1 fully saturated rings. The molecule has 2 N–H and O–H groups in total. The van der Waals surface area contributed by atoms with E-state index in [9.17, 15) is 9.59 Å². The number of thiophene rings is 1. The highest BCUT2D eigenvalue weighted by Crippen LogP contribution is 2.33. The van der Waals surface area contributed by atoms with Crippen molar-refractivity contribution < 1.29 is 14.3 Å². The smallest absolute Gasteiger partial charge is 0.323 e. The second-order valence-corrected chi connectivity index (χ2v) is 8.85. The molecule has 1 amide bonds. The molecule has 1 unspecified atom stereocenters. The molecule has 5 nitrogen and oxygen atoms in total. The first-order valence-corrected chi connectivity index (χ1v) is 11.5. The van der Waals surface area contributed by atoms with Crippen LogP contribution in [0.4, 0.5) is 0 Å². The lowest BCUT2D eigenvalue weighted by molar-refractivity contribution is -0.146. The van der Waals surface area contributed by atoms with Crippen LogP contribution in [0.3, 0.4) is 0 Å². The monoisotopic (exact) mass is 418 g/mol. The summed E-state index contributed by atoms with van der Waals surface area (Å²) < 4.78 is 5.24. The summed E-state index contributed by atoms with van der Waals surface area (Å²) in [6.45, 7) is 2.73. The Hall–Kier alpha value is -1.83. The SMILES string of the molecule is CCOC(=O)C(CCc1ccccc1)N[C@H]1CS[C@H](c2cccs2)CNC1=O. The van der Waals surface area contributed by atoms with Crippen LogP contribution in [0.2, 0.25) is 0 Å². The highest BCUT2D eigenvalue weighted by Gasteiger charge is 2.31. The van der Waals surface area contributed by atoms with Crippen LogP contribution >= 0.6 is 23.1 Å². The molecule has 1 saturated heterocycles. The fourth-order valence-corrected chi connectivity index (χ4v) is 5.35. The largest absolute Gasteiger partial charge is 0.465 e. The molecule has 0 radical (unpaired) electrons. The molecule has 0 aliphatic carbocycles. The summed E-state index contributed by atoms with van der Waals surface area (Å²) in [7, 11) is 0. The van der Waals surface area contributed by atoms with Crippen LogP contribution in [0.5, 0.6) is 0 Å². The van der Waals surface area contributed by atoms with Gasteiger partial charge in [-0.25, -0.2) is 0 Å². The molecule has 7 heteroatoms. The maximum atomic E-state index is 12.6. The number of thioether (sulfide) groups is 1. The van der Waals surface area contributed by atoms with E-state index < -0.39 is 12.1 Å². The third kappa shape index (κ3) is 5.83. The first kappa shape index (κ1) is 20.9. The molecule has 0 bridgehead atoms. The standard InChI is InChI=1S/C21H26N2O3S2/c1-2-26-21(25)16(11-10-15-7-4-3-5-8-15)23-17-14-28-19(13-22-20(17)24)18-9-6-12-27-18/h3-9,12,16-17,19,23H,2,10-11,13-14H2,1H3,(H,22,24)/t16?,17-,19-/m0/s1. The topological polar surface area (TPSA) is 67.4 Å². The number of rotatable bonds is 8. The number of carbonyl (C=O) groups excluding carboxylic acids is 2. The third-order valence-electron chi connectivity index (χ3n) is 4.64. The fraction of sp³-hybridized carbons (Fsp3) is 0.429. The molecule has 28 heavy (non-hydrogen) atoms. The minimum atomic E-state index is -0.505. The van der Waals surface area contributed by atoms with Gasteiger partial charge >= 0.3 is 5.97 Å². The van der Waals surface area contributed by atoms with Gasteiger partial charge in [0.15, 0.2) is 0 Å². The minimum absolute atomic E-state index is 0.0550. The van der Waals surface area contributed by atoms with Gasteiger partial charge in [-0.1, -0.05) is 36.4 Å². The maximum Gasteiger partial charge on any atom is 0.323 e. The van der Waals surface area contributed by atoms with E-state index in [1.807, 2.05) is 36.4 Å². The molecule has 1 aliphatic rings. The van der Waals surface area contributed by atoms with Gasteiger partial charge in [0.2, 0.25) is 5.91 Å². The normalized spacial score (nSPS) is 20.8. The number of hydrogen-bond donors (Lipinski definition) is 2. The zero-order valence-electron chi connectivity index (χ0n) is 15.9. The Bertz CT molecular complexity index is 752. The molecule has 2 aromatic rings. The predicted molar refractivity (Wildman–Crippen MR) is 115 cm³/mol. The molecule has 3 rings (SSSR count). The Morgan fingerprint density at radius 3 is 2.82 bits per heavy atom. The van der Waals surface area contributed by atoms with Gasteiger partial charge in [-0.3, -0.25) is 14.9 Å². The van der Waals surface area contributed by atoms with E-state index in [2.05, 4.69) is 22.1 Å². The van der Waals surface area contributed by atoms with Gasteiger partial charge in [-0.15, -0.1) is 23.1 Å². The van der Waals surface area contributed by atoms with E-state index in [0.29, 0.717) is 25.3 Å². The summed E-state index contributed by atoms with van der Waals surface area (Å²) >= 11 is 3.45. The van der Waals surface area contributed by atoms with Gasteiger partial charge < -0.3 is 10.1 Å². The van der Waals surface area contributed by atoms with E-state index in [1.165, 1.54) is 4.88 Å². The minimum Gasteiger partial charge on any atom is -0.465 e. The van der Waals surface area contributed by atoms with Crippen LogP contribution in [-0.2, 0) is 20.7 Å². The van der Waals surface area contributed by atoms with Crippen molar-refractivity contribution in [1.82, 2.24) is 10.6 Å². The van der Waals surface area contributed by atoms with Crippen molar-refractivity contribution in [2.75, 3.05) is 18.9 Å². The van der Waals surface area contributed by atoms with E-state index in [1.54, 1.807) is 30.0 Å². The Balaban J connectivity index is 1.63. The van der Waals surface area contributed by atoms with Crippen molar-refractivity contribution in [3.05, 3.63) is 58.3 Å². The van der Waals surface area contributed by atoms with Crippen LogP contribution in [0.25, 0.3) is 0 Å². The van der Waals surface area contributed by atoms with Crippen LogP contribution in [0, 0.1) is 0 Å². The highest BCUT2D eigenvalue weighted by atomic mass is 32.2. The van der Waals surface area contributed by atoms with Gasteiger partial charge in [0.25, 0.3) is 0 Å². The molecule has 1 aliphatic heterocycles. The van der Waals surface area contributed by atoms with Gasteiger partial charge in [-0.2, -0.15) is 0 Å². The molecule has 1 aromatic heterocycles. The number of benzene rings is 1. The van der Waals surface area contributed by atoms with Crippen LogP contribution in [-0.4, -0.2) is 42.9 Å². The maximum absolute atomic E-state index is 12.6. The average Bonchev–Trinajstić information content (AvgIpc) is 3.18. The Kier molecular flexibility index (Phi) is 7.94. The molecule has 150 valence electrons. The van der Waals surface area contributed by atoms with E-state index in [-0.39, 0.29) is 17.1 Å². The second kappa shape index (κ2) is 10.6. The number of ether oxygens (including phenoxy) is 1. The summed E-state index contributed by atoms with van der Waals surface area (Å²) in [5, 5.41) is 8.58. The lowest BCUT2D eigenvalue weighted by Crippen LogP contribution is -2.52. The Labute approximate surface area is 174 Å². The number of hydrogen-bond acceptors (Lipinski definition) is 6. The van der Waals surface area contributed by atoms with Gasteiger partial charge in [-0.05, 0) is 36.8 Å². The third-order valence-corrected chi connectivity index (χ3v) is 7.12. The van der Waals surface area contributed by atoms with E-state index >= 15 is 0 Å². The van der Waals surface area contributed by atoms with Crippen molar-refractivity contribution in [3.63, 3.8) is 0 Å². The zero-order valence-corrected chi connectivity index (χ0v) is 17.6. The lowest BCUT2D eigenvalue weighted by atomic mass is 10.0. The van der Waals surface area contributed by atoms with Crippen molar-refractivity contribution in [2.45, 2.75) is 37.1 Å². The molecular formula is C21H26N2O3S2. The number of esters is 1. The van der Waals surface area contributed by atoms with Crippen molar-refractivity contribution in [2.24, 2.45) is 0 Å². The lowest BCUT2D eigenvalue weighted by Gasteiger charge is -2.22. The quantitative estimate of drug-likeness (QED) is 0.645. The van der Waals surface area contributed by atoms with Gasteiger partial charge in [0, 0.05) is 17.2 Å². The Morgan fingerprint density at radius 2 is 2.11 bits per heavy atom. The predicted octanol–water partition coefficient (Wildman–Crippen LogP) is 3.17. The summed E-state index contributed by atoms with van der Waals surface area (Å²) in [6.07, 6.45) is 1.34. The number of carbonyl (C=O) groups is 2. The number of amides is 1. The molecule has 0 saturated carbocycles. The molecule has 1 aromatic carbocycles. The van der Waals surface area contributed by atoms with Crippen molar-refractivity contribution >= 4 is 35.0 Å². The summed E-state index contributed by atoms with van der Waals surface area (Å²) in [5.41, 5.74) is 1.16. The summed E-state index contributed by atoms with van der Waals surface area (Å²) in [5.74, 6) is 0.270. The van der Waals surface area contributed by atoms with Crippen molar-refractivity contribution in [3.8, 4) is 0 Å². The van der Waals surface area contributed by atoms with Gasteiger partial charge in [0.1, 0.15) is 6.04 Å². The summed E-state index contributed by atoms with van der Waals surface area (Å²) in [6, 6.07) is 13.2. The molecule has 2 heterocycles. The van der Waals surface area contributed by atoms with E-state index in [4.69, 9.17) is 4.74 Å². The fourth-order valence-electron chi connectivity index (χ4n) is 3.16. The molecule has 0 spiro atoms. The van der Waals surface area contributed by atoms with E-state index in [0.717, 1.165) is 12.0 Å². The van der Waals surface area contributed by atoms with Crippen LogP contribution in [0.1, 0.15) is 29.0 Å². The first-order valence-electron chi connectivity index (χ1n) is 9.56. The van der Waals surface area contributed by atoms with Crippen LogP contribution < -0.4 is 10.6 Å².